The molecule has 1 saturated heterocycles. The van der Waals surface area contributed by atoms with Gasteiger partial charge in [0.25, 0.3) is 5.91 Å². The molecule has 0 aromatic carbocycles. The van der Waals surface area contributed by atoms with Gasteiger partial charge in [-0.05, 0) is 32.3 Å². The number of amides is 1. The molecule has 7 nitrogen and oxygen atoms in total. The van der Waals surface area contributed by atoms with E-state index in [-0.39, 0.29) is 5.91 Å². The molecule has 0 bridgehead atoms. The van der Waals surface area contributed by atoms with E-state index in [0.717, 1.165) is 44.8 Å². The molecule has 1 fully saturated rings. The Hall–Kier alpha value is -2.18. The van der Waals surface area contributed by atoms with Crippen LogP contribution < -0.4 is 0 Å². The minimum Gasteiger partial charge on any atom is -0.337 e. The highest BCUT2D eigenvalue weighted by Gasteiger charge is 2.29. The van der Waals surface area contributed by atoms with Crippen LogP contribution in [0.2, 0.25) is 0 Å². The summed E-state index contributed by atoms with van der Waals surface area (Å²) in [7, 11) is 0. The van der Waals surface area contributed by atoms with E-state index in [1.54, 1.807) is 17.1 Å². The Kier molecular flexibility index (Phi) is 4.22. The molecule has 0 saturated carbocycles. The molecular formula is C15H22N6O. The summed E-state index contributed by atoms with van der Waals surface area (Å²) in [5.74, 6) is 1.50. The van der Waals surface area contributed by atoms with E-state index >= 15 is 0 Å². The molecule has 22 heavy (non-hydrogen) atoms. The average molecular weight is 302 g/mol. The van der Waals surface area contributed by atoms with Gasteiger partial charge in [-0.25, -0.2) is 0 Å². The van der Waals surface area contributed by atoms with Crippen LogP contribution >= 0.6 is 0 Å². The first-order chi connectivity index (χ1) is 10.7. The van der Waals surface area contributed by atoms with E-state index in [9.17, 15) is 4.79 Å². The molecule has 0 spiro atoms. The van der Waals surface area contributed by atoms with E-state index in [1.807, 2.05) is 18.0 Å². The van der Waals surface area contributed by atoms with Gasteiger partial charge in [-0.3, -0.25) is 9.48 Å². The van der Waals surface area contributed by atoms with Gasteiger partial charge in [-0.1, -0.05) is 0 Å². The van der Waals surface area contributed by atoms with E-state index in [0.29, 0.717) is 11.6 Å². The summed E-state index contributed by atoms with van der Waals surface area (Å²) < 4.78 is 3.85. The zero-order valence-electron chi connectivity index (χ0n) is 13.1. The van der Waals surface area contributed by atoms with E-state index in [4.69, 9.17) is 0 Å². The van der Waals surface area contributed by atoms with Gasteiger partial charge in [0.1, 0.15) is 17.8 Å². The van der Waals surface area contributed by atoms with Gasteiger partial charge >= 0.3 is 0 Å². The number of rotatable bonds is 5. The fourth-order valence-corrected chi connectivity index (χ4v) is 2.96. The van der Waals surface area contributed by atoms with Crippen molar-refractivity contribution in [2.75, 3.05) is 13.1 Å². The van der Waals surface area contributed by atoms with Crippen LogP contribution in [0.1, 0.15) is 36.6 Å². The summed E-state index contributed by atoms with van der Waals surface area (Å²) in [6.07, 6.45) is 5.51. The number of hydrogen-bond acceptors (Lipinski definition) is 4. The molecule has 1 aliphatic rings. The summed E-state index contributed by atoms with van der Waals surface area (Å²) in [6.45, 7) is 7.32. The van der Waals surface area contributed by atoms with E-state index in [1.165, 1.54) is 0 Å². The molecule has 0 aliphatic carbocycles. The molecule has 118 valence electrons. The topological polar surface area (TPSA) is 68.8 Å². The maximum atomic E-state index is 12.5. The second-order valence-corrected chi connectivity index (χ2v) is 5.70. The average Bonchev–Trinajstić information content (AvgIpc) is 3.27. The second kappa shape index (κ2) is 6.29. The molecule has 2 aromatic rings. The number of likely N-dealkylation sites (tertiary alicyclic amines) is 1. The van der Waals surface area contributed by atoms with Gasteiger partial charge in [-0.15, -0.1) is 10.2 Å². The van der Waals surface area contributed by atoms with Crippen molar-refractivity contribution in [1.82, 2.24) is 29.4 Å². The van der Waals surface area contributed by atoms with Crippen molar-refractivity contribution in [2.45, 2.75) is 39.8 Å². The summed E-state index contributed by atoms with van der Waals surface area (Å²) in [6, 6.07) is 1.80. The standard InChI is InChI=1S/C15H22N6O/c1-3-19-11-16-17-14(19)9-12-5-7-20(10-12)15(22)13-6-8-21(4-2)18-13/h6,8,11-12H,3-5,7,9-10H2,1-2H3/t12-/m1/s1. The van der Waals surface area contributed by atoms with Crippen LogP contribution in [0, 0.1) is 5.92 Å². The van der Waals surface area contributed by atoms with Gasteiger partial charge < -0.3 is 9.47 Å². The Bertz CT molecular complexity index is 646. The van der Waals surface area contributed by atoms with Crippen molar-refractivity contribution in [3.63, 3.8) is 0 Å². The van der Waals surface area contributed by atoms with Crippen molar-refractivity contribution in [2.24, 2.45) is 5.92 Å². The maximum Gasteiger partial charge on any atom is 0.274 e. The molecule has 0 unspecified atom stereocenters. The number of carbonyl (C=O) groups excluding carboxylic acids is 1. The maximum absolute atomic E-state index is 12.5. The van der Waals surface area contributed by atoms with Gasteiger partial charge in [0.2, 0.25) is 0 Å². The van der Waals surface area contributed by atoms with Crippen molar-refractivity contribution in [1.29, 1.82) is 0 Å². The van der Waals surface area contributed by atoms with Crippen LogP contribution in [0.4, 0.5) is 0 Å². The van der Waals surface area contributed by atoms with E-state index in [2.05, 4.69) is 26.8 Å². The third-order valence-corrected chi connectivity index (χ3v) is 4.26. The van der Waals surface area contributed by atoms with Crippen LogP contribution in [0.3, 0.4) is 0 Å². The molecule has 1 amide bonds. The molecular weight excluding hydrogens is 280 g/mol. The van der Waals surface area contributed by atoms with Gasteiger partial charge in [0, 0.05) is 38.8 Å². The van der Waals surface area contributed by atoms with Crippen molar-refractivity contribution >= 4 is 5.91 Å². The summed E-state index contributed by atoms with van der Waals surface area (Å²) in [4.78, 5) is 14.4. The third kappa shape index (κ3) is 2.88. The quantitative estimate of drug-likeness (QED) is 0.833. The lowest BCUT2D eigenvalue weighted by Gasteiger charge is -2.15. The molecule has 0 N–H and O–H groups in total. The lowest BCUT2D eigenvalue weighted by molar-refractivity contribution is 0.0780. The van der Waals surface area contributed by atoms with Crippen LogP contribution in [0.25, 0.3) is 0 Å². The highest BCUT2D eigenvalue weighted by Crippen LogP contribution is 2.21. The normalized spacial score (nSPS) is 18.1. The predicted molar refractivity (Wildman–Crippen MR) is 81.3 cm³/mol. The van der Waals surface area contributed by atoms with Crippen molar-refractivity contribution < 1.29 is 4.79 Å². The monoisotopic (exact) mass is 302 g/mol. The first-order valence-electron chi connectivity index (χ1n) is 7.90. The molecule has 0 radical (unpaired) electrons. The number of hydrogen-bond donors (Lipinski definition) is 0. The minimum atomic E-state index is 0.0339. The Morgan fingerprint density at radius 3 is 2.95 bits per heavy atom. The number of aryl methyl sites for hydroxylation is 2. The van der Waals surface area contributed by atoms with Gasteiger partial charge in [-0.2, -0.15) is 5.10 Å². The molecule has 1 atom stereocenters. The zero-order chi connectivity index (χ0) is 15.5. The molecule has 3 heterocycles. The lowest BCUT2D eigenvalue weighted by Crippen LogP contribution is -2.29. The molecule has 7 heteroatoms. The molecule has 1 aliphatic heterocycles. The highest BCUT2D eigenvalue weighted by molar-refractivity contribution is 5.92. The second-order valence-electron chi connectivity index (χ2n) is 5.70. The number of aromatic nitrogens is 5. The fourth-order valence-electron chi connectivity index (χ4n) is 2.96. The largest absolute Gasteiger partial charge is 0.337 e. The fraction of sp³-hybridized carbons (Fsp3) is 0.600. The van der Waals surface area contributed by atoms with Crippen LogP contribution in [0.5, 0.6) is 0 Å². The first kappa shape index (κ1) is 14.7. The Morgan fingerprint density at radius 2 is 2.23 bits per heavy atom. The summed E-state index contributed by atoms with van der Waals surface area (Å²) in [5, 5.41) is 12.5. The van der Waals surface area contributed by atoms with Crippen LogP contribution in [0.15, 0.2) is 18.6 Å². The Balaban J connectivity index is 1.61. The number of nitrogens with zero attached hydrogens (tertiary/aromatic N) is 6. The lowest BCUT2D eigenvalue weighted by atomic mass is 10.0. The van der Waals surface area contributed by atoms with Crippen LogP contribution in [-0.4, -0.2) is 48.4 Å². The Morgan fingerprint density at radius 1 is 1.36 bits per heavy atom. The molecule has 2 aromatic heterocycles. The Labute approximate surface area is 129 Å². The predicted octanol–water partition coefficient (Wildman–Crippen LogP) is 1.22. The van der Waals surface area contributed by atoms with E-state index < -0.39 is 0 Å². The van der Waals surface area contributed by atoms with Crippen molar-refractivity contribution in [3.8, 4) is 0 Å². The SMILES string of the molecule is CCn1ccc(C(=O)N2CC[C@H](Cc3nncn3CC)C2)n1. The summed E-state index contributed by atoms with van der Waals surface area (Å²) >= 11 is 0. The number of carbonyl (C=O) groups is 1. The third-order valence-electron chi connectivity index (χ3n) is 4.26. The first-order valence-corrected chi connectivity index (χ1v) is 7.90. The van der Waals surface area contributed by atoms with Crippen LogP contribution in [-0.2, 0) is 19.5 Å². The minimum absolute atomic E-state index is 0.0339. The van der Waals surface area contributed by atoms with Crippen molar-refractivity contribution in [3.05, 3.63) is 30.1 Å². The van der Waals surface area contributed by atoms with Gasteiger partial charge in [0.15, 0.2) is 0 Å². The molecule has 3 rings (SSSR count). The zero-order valence-corrected chi connectivity index (χ0v) is 13.1. The van der Waals surface area contributed by atoms with Gasteiger partial charge in [0.05, 0.1) is 0 Å². The summed E-state index contributed by atoms with van der Waals surface area (Å²) in [5.41, 5.74) is 0.541. The smallest absolute Gasteiger partial charge is 0.274 e. The highest BCUT2D eigenvalue weighted by atomic mass is 16.2.